The zero-order valence-corrected chi connectivity index (χ0v) is 19.5. The van der Waals surface area contributed by atoms with Crippen LogP contribution in [0, 0.1) is 18.2 Å². The van der Waals surface area contributed by atoms with Crippen LogP contribution in [-0.2, 0) is 4.74 Å². The van der Waals surface area contributed by atoms with Gasteiger partial charge >= 0.3 is 0 Å². The summed E-state index contributed by atoms with van der Waals surface area (Å²) in [5.41, 5.74) is -0.0150. The Kier molecular flexibility index (Phi) is 6.81. The van der Waals surface area contributed by atoms with E-state index in [-0.39, 0.29) is 53.4 Å². The number of aromatic nitrogens is 2. The van der Waals surface area contributed by atoms with Crippen LogP contribution in [-0.4, -0.2) is 46.2 Å². The molecule has 5 rings (SSSR count). The Labute approximate surface area is 210 Å². The maximum absolute atomic E-state index is 15.1. The molecule has 0 amide bonds. The fourth-order valence-corrected chi connectivity index (χ4v) is 4.35. The van der Waals surface area contributed by atoms with Gasteiger partial charge in [0.05, 0.1) is 42.7 Å². The lowest BCUT2D eigenvalue weighted by molar-refractivity contribution is -0.0223. The number of para-hydroxylation sites is 1. The predicted octanol–water partition coefficient (Wildman–Crippen LogP) is 5.37. The van der Waals surface area contributed by atoms with E-state index in [1.54, 1.807) is 30.3 Å². The van der Waals surface area contributed by atoms with Crippen molar-refractivity contribution in [1.82, 2.24) is 9.97 Å². The van der Waals surface area contributed by atoms with Gasteiger partial charge in [-0.2, -0.15) is 0 Å². The number of carbonyl (C=O) groups is 1. The van der Waals surface area contributed by atoms with E-state index in [2.05, 4.69) is 20.1 Å². The first kappa shape index (κ1) is 24.4. The average Bonchev–Trinajstić information content (AvgIpc) is 3.34. The van der Waals surface area contributed by atoms with Crippen LogP contribution in [0.3, 0.4) is 0 Å². The number of halogens is 2. The molecule has 2 aromatic heterocycles. The molecule has 188 valence electrons. The SMILES string of the molecule is [C-]#[N+]c1cnc2[nH]cc(C(=O)c3c(F)cc(Oc4ccccc4)cc3F)c2c1N[C@@H]1CC[C@@H](CO)OC1. The predicted molar refractivity (Wildman–Crippen MR) is 132 cm³/mol. The molecule has 0 bridgehead atoms. The lowest BCUT2D eigenvalue weighted by Gasteiger charge is -2.29. The highest BCUT2D eigenvalue weighted by atomic mass is 19.1. The second kappa shape index (κ2) is 10.3. The normalized spacial score (nSPS) is 17.4. The fraction of sp³-hybridized carbons (Fsp3) is 0.222. The van der Waals surface area contributed by atoms with Crippen LogP contribution in [0.2, 0.25) is 0 Å². The van der Waals surface area contributed by atoms with Crippen molar-refractivity contribution in [3.05, 3.63) is 89.0 Å². The van der Waals surface area contributed by atoms with Crippen molar-refractivity contribution >= 4 is 28.2 Å². The van der Waals surface area contributed by atoms with Crippen molar-refractivity contribution < 1.29 is 28.2 Å². The monoisotopic (exact) mass is 504 g/mol. The number of nitrogens with zero attached hydrogens (tertiary/aromatic N) is 2. The molecule has 2 aromatic carbocycles. The number of rotatable bonds is 7. The Hall–Kier alpha value is -4.33. The minimum absolute atomic E-state index is 0.0324. The Morgan fingerprint density at radius 2 is 1.97 bits per heavy atom. The number of carbonyl (C=O) groups excluding carboxylic acids is 1. The molecule has 2 atom stereocenters. The van der Waals surface area contributed by atoms with Crippen LogP contribution in [0.5, 0.6) is 11.5 Å². The molecule has 1 fully saturated rings. The summed E-state index contributed by atoms with van der Waals surface area (Å²) in [4.78, 5) is 24.0. The van der Waals surface area contributed by atoms with Gasteiger partial charge < -0.3 is 24.9 Å². The van der Waals surface area contributed by atoms with E-state index < -0.39 is 23.0 Å². The highest BCUT2D eigenvalue weighted by Crippen LogP contribution is 2.37. The molecule has 3 N–H and O–H groups in total. The third-order valence-corrected chi connectivity index (χ3v) is 6.19. The first-order valence-electron chi connectivity index (χ1n) is 11.6. The van der Waals surface area contributed by atoms with Crippen LogP contribution >= 0.6 is 0 Å². The third-order valence-electron chi connectivity index (χ3n) is 6.19. The number of ketones is 1. The van der Waals surface area contributed by atoms with Gasteiger partial charge in [0.2, 0.25) is 11.5 Å². The molecule has 1 aliphatic heterocycles. The van der Waals surface area contributed by atoms with Crippen molar-refractivity contribution in [3.63, 3.8) is 0 Å². The second-order valence-corrected chi connectivity index (χ2v) is 8.62. The van der Waals surface area contributed by atoms with E-state index in [9.17, 15) is 9.90 Å². The first-order valence-corrected chi connectivity index (χ1v) is 11.6. The summed E-state index contributed by atoms with van der Waals surface area (Å²) in [6.45, 7) is 7.77. The van der Waals surface area contributed by atoms with Gasteiger partial charge in [-0.15, -0.1) is 0 Å². The summed E-state index contributed by atoms with van der Waals surface area (Å²) in [7, 11) is 0. The van der Waals surface area contributed by atoms with Crippen molar-refractivity contribution in [2.24, 2.45) is 0 Å². The summed E-state index contributed by atoms with van der Waals surface area (Å²) in [6, 6.07) is 10.2. The van der Waals surface area contributed by atoms with Crippen LogP contribution in [0.4, 0.5) is 20.2 Å². The molecule has 4 aromatic rings. The van der Waals surface area contributed by atoms with Crippen LogP contribution in [0.25, 0.3) is 15.9 Å². The molecule has 0 unspecified atom stereocenters. The third kappa shape index (κ3) is 4.87. The largest absolute Gasteiger partial charge is 0.457 e. The first-order chi connectivity index (χ1) is 18.0. The van der Waals surface area contributed by atoms with Gasteiger partial charge in [0.1, 0.15) is 28.8 Å². The number of pyridine rings is 1. The molecular weight excluding hydrogens is 482 g/mol. The minimum atomic E-state index is -1.08. The second-order valence-electron chi connectivity index (χ2n) is 8.62. The highest BCUT2D eigenvalue weighted by molar-refractivity contribution is 6.19. The molecule has 0 saturated carbocycles. The Morgan fingerprint density at radius 1 is 1.22 bits per heavy atom. The Morgan fingerprint density at radius 3 is 2.62 bits per heavy atom. The number of ether oxygens (including phenoxy) is 2. The van der Waals surface area contributed by atoms with E-state index in [0.29, 0.717) is 24.3 Å². The van der Waals surface area contributed by atoms with Crippen molar-refractivity contribution in [1.29, 1.82) is 0 Å². The van der Waals surface area contributed by atoms with Crippen molar-refractivity contribution in [2.45, 2.75) is 25.0 Å². The lowest BCUT2D eigenvalue weighted by Crippen LogP contribution is -2.36. The fourth-order valence-electron chi connectivity index (χ4n) is 4.35. The Bertz CT molecular complexity index is 1470. The molecule has 3 heterocycles. The summed E-state index contributed by atoms with van der Waals surface area (Å²) in [6.07, 6.45) is 3.71. The Balaban J connectivity index is 1.50. The van der Waals surface area contributed by atoms with Crippen LogP contribution in [0.1, 0.15) is 28.8 Å². The van der Waals surface area contributed by atoms with Gasteiger partial charge in [-0.05, 0) is 25.0 Å². The quantitative estimate of drug-likeness (QED) is 0.231. The average molecular weight is 504 g/mol. The summed E-state index contributed by atoms with van der Waals surface area (Å²) < 4.78 is 41.3. The molecule has 37 heavy (non-hydrogen) atoms. The number of anilines is 1. The van der Waals surface area contributed by atoms with Crippen LogP contribution in [0.15, 0.2) is 54.9 Å². The van der Waals surface area contributed by atoms with E-state index in [4.69, 9.17) is 16.0 Å². The van der Waals surface area contributed by atoms with E-state index >= 15 is 8.78 Å². The molecule has 0 aliphatic carbocycles. The van der Waals surface area contributed by atoms with Gasteiger partial charge in [0.15, 0.2) is 0 Å². The van der Waals surface area contributed by atoms with Gasteiger partial charge in [0, 0.05) is 36.0 Å². The molecule has 1 aliphatic rings. The number of aliphatic hydroxyl groups is 1. The number of fused-ring (bicyclic) bond motifs is 1. The van der Waals surface area contributed by atoms with E-state index in [1.807, 2.05) is 0 Å². The van der Waals surface area contributed by atoms with Crippen molar-refractivity contribution in [3.8, 4) is 11.5 Å². The number of H-pyrrole nitrogens is 1. The van der Waals surface area contributed by atoms with Gasteiger partial charge in [-0.3, -0.25) is 4.79 Å². The molecule has 10 heteroatoms. The number of hydrogen-bond acceptors (Lipinski definition) is 6. The number of aliphatic hydroxyl groups excluding tert-OH is 1. The molecular formula is C27H22F2N4O4. The smallest absolute Gasteiger partial charge is 0.228 e. The van der Waals surface area contributed by atoms with E-state index in [1.165, 1.54) is 12.4 Å². The summed E-state index contributed by atoms with van der Waals surface area (Å²) in [5.74, 6) is -2.76. The standard InChI is InChI=1S/C27H22F2N4O4/c1-30-22-12-32-27-23(25(22)33-15-7-8-17(13-34)36-14-15)19(11-31-27)26(35)24-20(28)9-18(10-21(24)29)37-16-5-3-2-4-6-16/h2-6,9-12,15,17,34H,7-8,13-14H2,(H2,31,32,33)/t15-,17+/m1/s1. The highest BCUT2D eigenvalue weighted by Gasteiger charge is 2.28. The summed E-state index contributed by atoms with van der Waals surface area (Å²) >= 11 is 0. The zero-order chi connectivity index (χ0) is 25.9. The number of nitrogens with one attached hydrogen (secondary N) is 2. The summed E-state index contributed by atoms with van der Waals surface area (Å²) in [5, 5.41) is 12.8. The topological polar surface area (TPSA) is 101 Å². The number of benzene rings is 2. The molecule has 0 spiro atoms. The maximum atomic E-state index is 15.1. The van der Waals surface area contributed by atoms with Gasteiger partial charge in [-0.1, -0.05) is 18.2 Å². The number of hydrogen-bond donors (Lipinski definition) is 3. The van der Waals surface area contributed by atoms with E-state index in [0.717, 1.165) is 12.1 Å². The van der Waals surface area contributed by atoms with Crippen molar-refractivity contribution in [2.75, 3.05) is 18.5 Å². The van der Waals surface area contributed by atoms with Crippen LogP contribution < -0.4 is 10.1 Å². The lowest BCUT2D eigenvalue weighted by atomic mass is 10.00. The van der Waals surface area contributed by atoms with Gasteiger partial charge in [-0.25, -0.2) is 18.6 Å². The number of aromatic amines is 1. The van der Waals surface area contributed by atoms with Gasteiger partial charge in [0.25, 0.3) is 0 Å². The molecule has 8 nitrogen and oxygen atoms in total. The molecule has 0 radical (unpaired) electrons. The molecule has 1 saturated heterocycles. The maximum Gasteiger partial charge on any atom is 0.228 e. The minimum Gasteiger partial charge on any atom is -0.457 e. The zero-order valence-electron chi connectivity index (χ0n) is 19.5.